The van der Waals surface area contributed by atoms with Crippen LogP contribution in [0.25, 0.3) is 10.9 Å². The van der Waals surface area contributed by atoms with Gasteiger partial charge in [-0.05, 0) is 45.3 Å². The molecule has 1 aromatic carbocycles. The van der Waals surface area contributed by atoms with E-state index in [1.807, 2.05) is 24.3 Å². The van der Waals surface area contributed by atoms with Crippen molar-refractivity contribution in [3.63, 3.8) is 0 Å². The highest BCUT2D eigenvalue weighted by atomic mass is 16.7. The van der Waals surface area contributed by atoms with E-state index in [1.54, 1.807) is 13.3 Å². The van der Waals surface area contributed by atoms with E-state index in [0.29, 0.717) is 13.2 Å². The van der Waals surface area contributed by atoms with Gasteiger partial charge in [-0.1, -0.05) is 12.1 Å². The molecule has 0 bridgehead atoms. The van der Waals surface area contributed by atoms with E-state index in [9.17, 15) is 0 Å². The third-order valence-electron chi connectivity index (χ3n) is 4.76. The van der Waals surface area contributed by atoms with Crippen LogP contribution < -0.4 is 10.2 Å². The molecule has 24 heavy (non-hydrogen) atoms. The first-order valence-electron chi connectivity index (χ1n) is 8.19. The highest BCUT2D eigenvalue weighted by molar-refractivity contribution is 6.62. The van der Waals surface area contributed by atoms with E-state index >= 15 is 0 Å². The maximum Gasteiger partial charge on any atom is 0.494 e. The summed E-state index contributed by atoms with van der Waals surface area (Å²) in [7, 11) is 1.27. The molecule has 0 saturated carbocycles. The first-order chi connectivity index (χ1) is 11.3. The normalized spacial score (nSPS) is 19.0. The molecule has 0 N–H and O–H groups in total. The van der Waals surface area contributed by atoms with Crippen LogP contribution in [0.5, 0.6) is 5.75 Å². The number of benzene rings is 1. The molecule has 0 spiro atoms. The Balaban J connectivity index is 1.85. The van der Waals surface area contributed by atoms with Crippen LogP contribution in [0.4, 0.5) is 0 Å². The standard InChI is InChI=1S/C18H24BNO4/c1-17(2)18(3,4)24-19(23-17)14-6-7-16-13(10-14)11-15(12-20-16)22-9-8-21-5/h6-7,10-12H,8-9H2,1-5H3. The summed E-state index contributed by atoms with van der Waals surface area (Å²) in [5.74, 6) is 0.727. The molecule has 1 aliphatic heterocycles. The van der Waals surface area contributed by atoms with E-state index in [1.165, 1.54) is 0 Å². The predicted octanol–water partition coefficient (Wildman–Crippen LogP) is 2.56. The number of aromatic nitrogens is 1. The molecule has 0 amide bonds. The molecular formula is C18H24BNO4. The zero-order chi connectivity index (χ0) is 17.4. The van der Waals surface area contributed by atoms with Crippen molar-refractivity contribution in [1.29, 1.82) is 0 Å². The smallest absolute Gasteiger partial charge is 0.490 e. The second-order valence-electron chi connectivity index (χ2n) is 7.05. The van der Waals surface area contributed by atoms with Crippen molar-refractivity contribution in [1.82, 2.24) is 4.98 Å². The minimum absolute atomic E-state index is 0.351. The molecule has 3 rings (SSSR count). The minimum Gasteiger partial charge on any atom is -0.490 e. The summed E-state index contributed by atoms with van der Waals surface area (Å²) in [6.45, 7) is 9.26. The maximum absolute atomic E-state index is 6.12. The Labute approximate surface area is 143 Å². The van der Waals surface area contributed by atoms with Gasteiger partial charge in [0.2, 0.25) is 0 Å². The van der Waals surface area contributed by atoms with E-state index in [4.69, 9.17) is 18.8 Å². The summed E-state index contributed by atoms with van der Waals surface area (Å²) in [6.07, 6.45) is 1.73. The number of hydrogen-bond acceptors (Lipinski definition) is 5. The van der Waals surface area contributed by atoms with Crippen LogP contribution in [0.3, 0.4) is 0 Å². The topological polar surface area (TPSA) is 49.8 Å². The predicted molar refractivity (Wildman–Crippen MR) is 94.8 cm³/mol. The van der Waals surface area contributed by atoms with Crippen molar-refractivity contribution in [2.45, 2.75) is 38.9 Å². The third-order valence-corrected chi connectivity index (χ3v) is 4.76. The number of hydrogen-bond donors (Lipinski definition) is 0. The van der Waals surface area contributed by atoms with Crippen molar-refractivity contribution < 1.29 is 18.8 Å². The lowest BCUT2D eigenvalue weighted by Crippen LogP contribution is -2.41. The summed E-state index contributed by atoms with van der Waals surface area (Å²) in [5, 5.41) is 0.997. The van der Waals surface area contributed by atoms with E-state index in [-0.39, 0.29) is 18.3 Å². The van der Waals surface area contributed by atoms with Gasteiger partial charge in [-0.15, -0.1) is 0 Å². The lowest BCUT2D eigenvalue weighted by Gasteiger charge is -2.32. The zero-order valence-electron chi connectivity index (χ0n) is 15.0. The van der Waals surface area contributed by atoms with Crippen LogP contribution in [0, 0.1) is 0 Å². The van der Waals surface area contributed by atoms with Gasteiger partial charge in [0.25, 0.3) is 0 Å². The largest absolute Gasteiger partial charge is 0.494 e. The lowest BCUT2D eigenvalue weighted by molar-refractivity contribution is 0.00578. The Hall–Kier alpha value is -1.63. The van der Waals surface area contributed by atoms with Crippen molar-refractivity contribution in [3.8, 4) is 5.75 Å². The van der Waals surface area contributed by atoms with Crippen LogP contribution >= 0.6 is 0 Å². The van der Waals surface area contributed by atoms with Gasteiger partial charge < -0.3 is 18.8 Å². The highest BCUT2D eigenvalue weighted by Crippen LogP contribution is 2.36. The Morgan fingerprint density at radius 2 is 1.75 bits per heavy atom. The van der Waals surface area contributed by atoms with E-state index in [0.717, 1.165) is 22.1 Å². The molecule has 5 nitrogen and oxygen atoms in total. The van der Waals surface area contributed by atoms with Crippen molar-refractivity contribution >= 4 is 23.5 Å². The molecule has 0 aliphatic carbocycles. The summed E-state index contributed by atoms with van der Waals surface area (Å²) < 4.78 is 22.9. The van der Waals surface area contributed by atoms with Crippen molar-refractivity contribution in [3.05, 3.63) is 30.5 Å². The molecule has 1 aromatic heterocycles. The fraction of sp³-hybridized carbons (Fsp3) is 0.500. The van der Waals surface area contributed by atoms with Gasteiger partial charge in [0.15, 0.2) is 0 Å². The van der Waals surface area contributed by atoms with Crippen molar-refractivity contribution in [2.75, 3.05) is 20.3 Å². The SMILES string of the molecule is COCCOc1cnc2ccc(B3OC(C)(C)C(C)(C)O3)cc2c1. The zero-order valence-corrected chi connectivity index (χ0v) is 15.0. The molecule has 1 fully saturated rings. The second-order valence-corrected chi connectivity index (χ2v) is 7.05. The Morgan fingerprint density at radius 1 is 1.04 bits per heavy atom. The summed E-state index contributed by atoms with van der Waals surface area (Å²) >= 11 is 0. The third kappa shape index (κ3) is 3.27. The Morgan fingerprint density at radius 3 is 2.42 bits per heavy atom. The number of nitrogens with zero attached hydrogens (tertiary/aromatic N) is 1. The van der Waals surface area contributed by atoms with E-state index in [2.05, 4.69) is 32.7 Å². The van der Waals surface area contributed by atoms with Gasteiger partial charge in [0.1, 0.15) is 12.4 Å². The Bertz CT molecular complexity index is 716. The molecule has 128 valence electrons. The summed E-state index contributed by atoms with van der Waals surface area (Å²) in [6, 6.07) is 8.01. The number of rotatable bonds is 5. The molecule has 0 atom stereocenters. The summed E-state index contributed by atoms with van der Waals surface area (Å²) in [4.78, 5) is 4.44. The quantitative estimate of drug-likeness (QED) is 0.623. The molecular weight excluding hydrogens is 305 g/mol. The van der Waals surface area contributed by atoms with Gasteiger partial charge in [-0.2, -0.15) is 0 Å². The average Bonchev–Trinajstić information content (AvgIpc) is 2.75. The summed E-state index contributed by atoms with van der Waals surface area (Å²) in [5.41, 5.74) is 1.19. The Kier molecular flexibility index (Phi) is 4.55. The number of fused-ring (bicyclic) bond motifs is 1. The van der Waals surface area contributed by atoms with Gasteiger partial charge in [-0.25, -0.2) is 0 Å². The first-order valence-corrected chi connectivity index (χ1v) is 8.19. The van der Waals surface area contributed by atoms with Crippen LogP contribution in [-0.2, 0) is 14.0 Å². The molecule has 0 unspecified atom stereocenters. The minimum atomic E-state index is -0.377. The fourth-order valence-electron chi connectivity index (χ4n) is 2.58. The highest BCUT2D eigenvalue weighted by Gasteiger charge is 2.51. The van der Waals surface area contributed by atoms with Crippen LogP contribution in [0.15, 0.2) is 30.5 Å². The fourth-order valence-corrected chi connectivity index (χ4v) is 2.58. The van der Waals surface area contributed by atoms with Gasteiger partial charge in [0, 0.05) is 12.5 Å². The number of pyridine rings is 1. The first kappa shape index (κ1) is 17.2. The average molecular weight is 329 g/mol. The number of ether oxygens (including phenoxy) is 2. The second kappa shape index (κ2) is 6.35. The van der Waals surface area contributed by atoms with Gasteiger partial charge in [0.05, 0.1) is 29.5 Å². The molecule has 6 heteroatoms. The van der Waals surface area contributed by atoms with E-state index < -0.39 is 0 Å². The van der Waals surface area contributed by atoms with Gasteiger partial charge >= 0.3 is 7.12 Å². The van der Waals surface area contributed by atoms with Crippen LogP contribution in [-0.4, -0.2) is 43.6 Å². The van der Waals surface area contributed by atoms with Crippen LogP contribution in [0.1, 0.15) is 27.7 Å². The number of methoxy groups -OCH3 is 1. The maximum atomic E-state index is 6.12. The van der Waals surface area contributed by atoms with Crippen molar-refractivity contribution in [2.24, 2.45) is 0 Å². The lowest BCUT2D eigenvalue weighted by atomic mass is 9.78. The monoisotopic (exact) mass is 329 g/mol. The molecule has 0 radical (unpaired) electrons. The molecule has 1 aliphatic rings. The van der Waals surface area contributed by atoms with Gasteiger partial charge in [-0.3, -0.25) is 4.98 Å². The molecule has 2 aromatic rings. The molecule has 1 saturated heterocycles. The van der Waals surface area contributed by atoms with Crippen LogP contribution in [0.2, 0.25) is 0 Å². The molecule has 2 heterocycles.